The van der Waals surface area contributed by atoms with Crippen molar-refractivity contribution in [3.05, 3.63) is 59.6 Å². The zero-order chi connectivity index (χ0) is 15.4. The largest absolute Gasteiger partial charge is 0.496 e. The zero-order valence-electron chi connectivity index (χ0n) is 11.9. The lowest BCUT2D eigenvalue weighted by Crippen LogP contribution is -2.06. The molecule has 0 atom stereocenters. The Labute approximate surface area is 132 Å². The van der Waals surface area contributed by atoms with Crippen molar-refractivity contribution in [1.29, 1.82) is 0 Å². The highest BCUT2D eigenvalue weighted by Gasteiger charge is 2.05. The predicted octanol–water partition coefficient (Wildman–Crippen LogP) is 2.94. The molecule has 0 saturated heterocycles. The molecule has 0 aliphatic carbocycles. The standard InChI is InChI=1S/C15H14ClN5O/c1-22-13-4-3-12(16)7-11(13)8-18-14-9-17-10-15(20-14)21-6-2-5-19-21/h2-7,9-10H,8H2,1H3,(H,18,20). The van der Waals surface area contributed by atoms with Crippen molar-refractivity contribution < 1.29 is 4.74 Å². The number of aromatic nitrogens is 4. The summed E-state index contributed by atoms with van der Waals surface area (Å²) in [7, 11) is 1.63. The first-order valence-electron chi connectivity index (χ1n) is 6.64. The maximum atomic E-state index is 6.03. The third kappa shape index (κ3) is 3.17. The number of anilines is 1. The van der Waals surface area contributed by atoms with Crippen LogP contribution in [-0.4, -0.2) is 26.9 Å². The van der Waals surface area contributed by atoms with Gasteiger partial charge in [0.15, 0.2) is 5.82 Å². The highest BCUT2D eigenvalue weighted by molar-refractivity contribution is 6.30. The van der Waals surface area contributed by atoms with Crippen LogP contribution in [0.15, 0.2) is 49.1 Å². The molecule has 7 heteroatoms. The lowest BCUT2D eigenvalue weighted by Gasteiger charge is -2.11. The molecule has 3 rings (SSSR count). The maximum absolute atomic E-state index is 6.03. The molecule has 0 saturated carbocycles. The number of halogens is 1. The van der Waals surface area contributed by atoms with E-state index in [1.807, 2.05) is 24.4 Å². The Morgan fingerprint density at radius 2 is 2.23 bits per heavy atom. The van der Waals surface area contributed by atoms with E-state index in [2.05, 4.69) is 20.4 Å². The third-order valence-corrected chi connectivity index (χ3v) is 3.30. The molecular formula is C15H14ClN5O. The van der Waals surface area contributed by atoms with E-state index < -0.39 is 0 Å². The van der Waals surface area contributed by atoms with E-state index in [1.54, 1.807) is 36.4 Å². The summed E-state index contributed by atoms with van der Waals surface area (Å²) in [6.45, 7) is 0.529. The summed E-state index contributed by atoms with van der Waals surface area (Å²) in [4.78, 5) is 8.63. The van der Waals surface area contributed by atoms with Gasteiger partial charge in [-0.1, -0.05) is 11.6 Å². The second kappa shape index (κ2) is 6.44. The number of nitrogens with one attached hydrogen (secondary N) is 1. The van der Waals surface area contributed by atoms with Crippen LogP contribution in [0.25, 0.3) is 5.82 Å². The van der Waals surface area contributed by atoms with Crippen LogP contribution >= 0.6 is 11.6 Å². The average molecular weight is 316 g/mol. The average Bonchev–Trinajstić information content (AvgIpc) is 3.08. The summed E-state index contributed by atoms with van der Waals surface area (Å²) in [5.41, 5.74) is 0.946. The molecule has 112 valence electrons. The molecule has 0 unspecified atom stereocenters. The van der Waals surface area contributed by atoms with Gasteiger partial charge in [-0.3, -0.25) is 4.98 Å². The fraction of sp³-hybridized carbons (Fsp3) is 0.133. The van der Waals surface area contributed by atoms with Crippen molar-refractivity contribution in [3.8, 4) is 11.6 Å². The van der Waals surface area contributed by atoms with Gasteiger partial charge in [0, 0.05) is 29.5 Å². The molecule has 1 aromatic carbocycles. The van der Waals surface area contributed by atoms with Crippen molar-refractivity contribution in [2.45, 2.75) is 6.54 Å². The predicted molar refractivity (Wildman–Crippen MR) is 84.5 cm³/mol. The van der Waals surface area contributed by atoms with Gasteiger partial charge in [0.2, 0.25) is 0 Å². The van der Waals surface area contributed by atoms with Crippen molar-refractivity contribution in [3.63, 3.8) is 0 Å². The number of benzene rings is 1. The summed E-state index contributed by atoms with van der Waals surface area (Å²) in [6, 6.07) is 7.32. The molecule has 0 bridgehead atoms. The summed E-state index contributed by atoms with van der Waals surface area (Å²) in [6.07, 6.45) is 6.81. The number of nitrogens with zero attached hydrogens (tertiary/aromatic N) is 4. The highest BCUT2D eigenvalue weighted by Crippen LogP contribution is 2.23. The Hall–Kier alpha value is -2.60. The second-order valence-electron chi connectivity index (χ2n) is 4.52. The molecule has 0 amide bonds. The molecule has 22 heavy (non-hydrogen) atoms. The summed E-state index contributed by atoms with van der Waals surface area (Å²) in [5.74, 6) is 2.07. The topological polar surface area (TPSA) is 64.9 Å². The molecule has 0 fully saturated rings. The first kappa shape index (κ1) is 14.3. The minimum atomic E-state index is 0.529. The van der Waals surface area contributed by atoms with Crippen LogP contribution in [0.5, 0.6) is 5.75 Å². The number of methoxy groups -OCH3 is 1. The van der Waals surface area contributed by atoms with Gasteiger partial charge in [0.1, 0.15) is 11.6 Å². The minimum absolute atomic E-state index is 0.529. The van der Waals surface area contributed by atoms with E-state index >= 15 is 0 Å². The van der Waals surface area contributed by atoms with E-state index in [0.29, 0.717) is 23.2 Å². The number of hydrogen-bond donors (Lipinski definition) is 1. The SMILES string of the molecule is COc1ccc(Cl)cc1CNc1cncc(-n2cccn2)n1. The first-order chi connectivity index (χ1) is 10.8. The molecule has 0 aliphatic rings. The molecule has 2 aromatic heterocycles. The normalized spacial score (nSPS) is 10.5. The molecule has 3 aromatic rings. The van der Waals surface area contributed by atoms with Crippen LogP contribution < -0.4 is 10.1 Å². The lowest BCUT2D eigenvalue weighted by atomic mass is 10.2. The van der Waals surface area contributed by atoms with Crippen molar-refractivity contribution in [2.75, 3.05) is 12.4 Å². The summed E-state index contributed by atoms with van der Waals surface area (Å²) < 4.78 is 6.97. The Bertz CT molecular complexity index is 760. The van der Waals surface area contributed by atoms with Crippen LogP contribution in [0.1, 0.15) is 5.56 Å². The van der Waals surface area contributed by atoms with E-state index in [0.717, 1.165) is 11.3 Å². The molecule has 0 aliphatic heterocycles. The van der Waals surface area contributed by atoms with Crippen LogP contribution in [0.4, 0.5) is 5.82 Å². The van der Waals surface area contributed by atoms with Crippen LogP contribution in [0.3, 0.4) is 0 Å². The number of hydrogen-bond acceptors (Lipinski definition) is 5. The van der Waals surface area contributed by atoms with Gasteiger partial charge in [-0.25, -0.2) is 9.67 Å². The van der Waals surface area contributed by atoms with Gasteiger partial charge in [0.05, 0.1) is 19.5 Å². The second-order valence-corrected chi connectivity index (χ2v) is 4.96. The Morgan fingerprint density at radius 1 is 1.32 bits per heavy atom. The van der Waals surface area contributed by atoms with Gasteiger partial charge in [0.25, 0.3) is 0 Å². The van der Waals surface area contributed by atoms with Gasteiger partial charge >= 0.3 is 0 Å². The lowest BCUT2D eigenvalue weighted by molar-refractivity contribution is 0.410. The molecule has 0 radical (unpaired) electrons. The zero-order valence-corrected chi connectivity index (χ0v) is 12.7. The number of ether oxygens (including phenoxy) is 1. The first-order valence-corrected chi connectivity index (χ1v) is 7.02. The van der Waals surface area contributed by atoms with Gasteiger partial charge in [-0.15, -0.1) is 0 Å². The van der Waals surface area contributed by atoms with Crippen LogP contribution in [-0.2, 0) is 6.54 Å². The third-order valence-electron chi connectivity index (χ3n) is 3.06. The van der Waals surface area contributed by atoms with Gasteiger partial charge < -0.3 is 10.1 Å². The van der Waals surface area contributed by atoms with E-state index in [9.17, 15) is 0 Å². The molecule has 0 spiro atoms. The Morgan fingerprint density at radius 3 is 3.00 bits per heavy atom. The van der Waals surface area contributed by atoms with Crippen molar-refractivity contribution >= 4 is 17.4 Å². The van der Waals surface area contributed by atoms with E-state index in [4.69, 9.17) is 16.3 Å². The monoisotopic (exact) mass is 315 g/mol. The number of rotatable bonds is 5. The molecular weight excluding hydrogens is 302 g/mol. The van der Waals surface area contributed by atoms with Gasteiger partial charge in [-0.2, -0.15) is 5.10 Å². The Kier molecular flexibility index (Phi) is 4.20. The molecule has 1 N–H and O–H groups in total. The molecule has 2 heterocycles. The molecule has 6 nitrogen and oxygen atoms in total. The smallest absolute Gasteiger partial charge is 0.173 e. The van der Waals surface area contributed by atoms with Crippen LogP contribution in [0.2, 0.25) is 5.02 Å². The van der Waals surface area contributed by atoms with Crippen molar-refractivity contribution in [2.24, 2.45) is 0 Å². The summed E-state index contributed by atoms with van der Waals surface area (Å²) in [5, 5.41) is 8.01. The quantitative estimate of drug-likeness (QED) is 0.784. The van der Waals surface area contributed by atoms with Crippen molar-refractivity contribution in [1.82, 2.24) is 19.7 Å². The maximum Gasteiger partial charge on any atom is 0.173 e. The fourth-order valence-electron chi connectivity index (χ4n) is 2.03. The van der Waals surface area contributed by atoms with Gasteiger partial charge in [-0.05, 0) is 24.3 Å². The van der Waals surface area contributed by atoms with E-state index in [-0.39, 0.29) is 0 Å². The Balaban J connectivity index is 1.77. The summed E-state index contributed by atoms with van der Waals surface area (Å²) >= 11 is 6.03. The minimum Gasteiger partial charge on any atom is -0.496 e. The van der Waals surface area contributed by atoms with E-state index in [1.165, 1.54) is 0 Å². The fourth-order valence-corrected chi connectivity index (χ4v) is 2.22. The van der Waals surface area contributed by atoms with Crippen LogP contribution in [0, 0.1) is 0 Å². The highest BCUT2D eigenvalue weighted by atomic mass is 35.5.